The number of hydrogen-bond acceptors (Lipinski definition) is 4. The molecule has 18 heavy (non-hydrogen) atoms. The van der Waals surface area contributed by atoms with Gasteiger partial charge in [0.15, 0.2) is 5.78 Å². The summed E-state index contributed by atoms with van der Waals surface area (Å²) in [6, 6.07) is 5.53. The molecule has 4 heteroatoms. The minimum atomic E-state index is 0.149. The summed E-state index contributed by atoms with van der Waals surface area (Å²) in [6.07, 6.45) is 2.98. The minimum absolute atomic E-state index is 0.149. The van der Waals surface area contributed by atoms with Crippen molar-refractivity contribution in [2.45, 2.75) is 19.8 Å². The van der Waals surface area contributed by atoms with Crippen LogP contribution in [0.5, 0.6) is 5.75 Å². The van der Waals surface area contributed by atoms with Gasteiger partial charge in [0.05, 0.1) is 12.1 Å². The maximum Gasteiger partial charge on any atom is 0.163 e. The fourth-order valence-electron chi connectivity index (χ4n) is 1.79. The Bertz CT molecular complexity index is 535. The second kappa shape index (κ2) is 5.78. The van der Waals surface area contributed by atoms with Crippen molar-refractivity contribution in [3.05, 3.63) is 45.9 Å². The van der Waals surface area contributed by atoms with Gasteiger partial charge in [0.1, 0.15) is 5.75 Å². The number of benzene rings is 1. The Morgan fingerprint density at radius 3 is 2.89 bits per heavy atom. The van der Waals surface area contributed by atoms with Crippen molar-refractivity contribution in [2.75, 3.05) is 7.11 Å². The van der Waals surface area contributed by atoms with E-state index in [2.05, 4.69) is 4.98 Å². The number of carbonyl (C=O) groups is 1. The number of methoxy groups -OCH3 is 1. The van der Waals surface area contributed by atoms with Gasteiger partial charge in [-0.1, -0.05) is 0 Å². The van der Waals surface area contributed by atoms with Crippen LogP contribution in [0.2, 0.25) is 0 Å². The van der Waals surface area contributed by atoms with Crippen LogP contribution >= 0.6 is 11.3 Å². The van der Waals surface area contributed by atoms with Gasteiger partial charge in [-0.3, -0.25) is 4.79 Å². The third-order valence-corrected chi connectivity index (χ3v) is 3.61. The normalized spacial score (nSPS) is 10.3. The summed E-state index contributed by atoms with van der Waals surface area (Å²) in [4.78, 5) is 16.2. The van der Waals surface area contributed by atoms with Crippen LogP contribution < -0.4 is 4.74 Å². The molecule has 0 fully saturated rings. The summed E-state index contributed by atoms with van der Waals surface area (Å²) in [7, 11) is 1.63. The van der Waals surface area contributed by atoms with E-state index in [1.165, 1.54) is 0 Å². The molecule has 0 unspecified atom stereocenters. The van der Waals surface area contributed by atoms with Gasteiger partial charge < -0.3 is 4.74 Å². The quantitative estimate of drug-likeness (QED) is 0.775. The zero-order valence-electron chi connectivity index (χ0n) is 10.5. The third-order valence-electron chi connectivity index (χ3n) is 2.77. The molecule has 0 spiro atoms. The Balaban J connectivity index is 2.02. The zero-order valence-corrected chi connectivity index (χ0v) is 11.3. The molecule has 0 atom stereocenters. The fourth-order valence-corrected chi connectivity index (χ4v) is 2.41. The number of thiazole rings is 1. The Labute approximate surface area is 110 Å². The van der Waals surface area contributed by atoms with Crippen LogP contribution in [0, 0.1) is 6.92 Å². The first-order valence-corrected chi connectivity index (χ1v) is 6.65. The van der Waals surface area contributed by atoms with Crippen LogP contribution in [0.15, 0.2) is 29.8 Å². The van der Waals surface area contributed by atoms with E-state index in [0.717, 1.165) is 21.9 Å². The highest BCUT2D eigenvalue weighted by molar-refractivity contribution is 7.09. The van der Waals surface area contributed by atoms with E-state index < -0.39 is 0 Å². The first-order valence-electron chi connectivity index (χ1n) is 5.77. The Morgan fingerprint density at radius 2 is 2.28 bits per heavy atom. The van der Waals surface area contributed by atoms with Crippen molar-refractivity contribution < 1.29 is 9.53 Å². The largest absolute Gasteiger partial charge is 0.496 e. The van der Waals surface area contributed by atoms with Crippen molar-refractivity contribution in [1.82, 2.24) is 4.98 Å². The molecule has 0 aliphatic rings. The molecule has 0 aliphatic carbocycles. The standard InChI is InChI=1S/C14H15NO2S/c1-10-9-11(3-5-13(10)17-2)12(16)4-6-14-15-7-8-18-14/h3,5,7-9H,4,6H2,1-2H3. The van der Waals surface area contributed by atoms with Gasteiger partial charge in [0.2, 0.25) is 0 Å². The molecule has 0 amide bonds. The van der Waals surface area contributed by atoms with Gasteiger partial charge in [-0.25, -0.2) is 4.98 Å². The lowest BCUT2D eigenvalue weighted by Crippen LogP contribution is -2.02. The topological polar surface area (TPSA) is 39.2 Å². The Morgan fingerprint density at radius 1 is 1.44 bits per heavy atom. The number of aromatic nitrogens is 1. The maximum absolute atomic E-state index is 12.0. The molecule has 0 saturated carbocycles. The van der Waals surface area contributed by atoms with E-state index >= 15 is 0 Å². The van der Waals surface area contributed by atoms with Crippen LogP contribution in [-0.2, 0) is 6.42 Å². The highest BCUT2D eigenvalue weighted by atomic mass is 32.1. The number of carbonyl (C=O) groups excluding carboxylic acids is 1. The predicted molar refractivity (Wildman–Crippen MR) is 72.5 cm³/mol. The number of ether oxygens (including phenoxy) is 1. The van der Waals surface area contributed by atoms with E-state index in [1.807, 2.05) is 30.5 Å². The predicted octanol–water partition coefficient (Wildman–Crippen LogP) is 3.28. The lowest BCUT2D eigenvalue weighted by atomic mass is 10.0. The van der Waals surface area contributed by atoms with E-state index in [-0.39, 0.29) is 5.78 Å². The average molecular weight is 261 g/mol. The van der Waals surface area contributed by atoms with Gasteiger partial charge in [0.25, 0.3) is 0 Å². The molecule has 0 saturated heterocycles. The molecular weight excluding hydrogens is 246 g/mol. The highest BCUT2D eigenvalue weighted by Gasteiger charge is 2.09. The van der Waals surface area contributed by atoms with E-state index in [9.17, 15) is 4.79 Å². The van der Waals surface area contributed by atoms with Crippen molar-refractivity contribution in [3.63, 3.8) is 0 Å². The monoisotopic (exact) mass is 261 g/mol. The fraction of sp³-hybridized carbons (Fsp3) is 0.286. The number of ketones is 1. The molecule has 3 nitrogen and oxygen atoms in total. The maximum atomic E-state index is 12.0. The summed E-state index contributed by atoms with van der Waals surface area (Å²) < 4.78 is 5.18. The van der Waals surface area contributed by atoms with E-state index in [4.69, 9.17) is 4.74 Å². The number of aryl methyl sites for hydroxylation is 2. The minimum Gasteiger partial charge on any atom is -0.496 e. The smallest absolute Gasteiger partial charge is 0.163 e. The molecule has 1 aromatic heterocycles. The molecule has 0 N–H and O–H groups in total. The Hall–Kier alpha value is -1.68. The molecule has 0 radical (unpaired) electrons. The van der Waals surface area contributed by atoms with Crippen LogP contribution in [0.4, 0.5) is 0 Å². The zero-order chi connectivity index (χ0) is 13.0. The van der Waals surface area contributed by atoms with Gasteiger partial charge >= 0.3 is 0 Å². The van der Waals surface area contributed by atoms with Gasteiger partial charge in [-0.15, -0.1) is 11.3 Å². The summed E-state index contributed by atoms with van der Waals surface area (Å²) >= 11 is 1.59. The van der Waals surface area contributed by atoms with Crippen molar-refractivity contribution in [2.24, 2.45) is 0 Å². The van der Waals surface area contributed by atoms with Crippen LogP contribution in [0.1, 0.15) is 27.3 Å². The lowest BCUT2D eigenvalue weighted by molar-refractivity contribution is 0.0982. The molecular formula is C14H15NO2S. The van der Waals surface area contributed by atoms with Gasteiger partial charge in [-0.2, -0.15) is 0 Å². The molecule has 2 rings (SSSR count). The molecule has 94 valence electrons. The molecule has 0 bridgehead atoms. The summed E-state index contributed by atoms with van der Waals surface area (Å²) in [6.45, 7) is 1.94. The van der Waals surface area contributed by atoms with Crippen molar-refractivity contribution in [3.8, 4) is 5.75 Å². The lowest BCUT2D eigenvalue weighted by Gasteiger charge is -2.06. The van der Waals surface area contributed by atoms with Crippen molar-refractivity contribution in [1.29, 1.82) is 0 Å². The summed E-state index contributed by atoms with van der Waals surface area (Å²) in [5.74, 6) is 0.961. The van der Waals surface area contributed by atoms with Gasteiger partial charge in [-0.05, 0) is 30.7 Å². The van der Waals surface area contributed by atoms with Crippen LogP contribution in [-0.4, -0.2) is 17.9 Å². The number of Topliss-reactive ketones (excluding diaryl/α,β-unsaturated/α-hetero) is 1. The number of nitrogens with zero attached hydrogens (tertiary/aromatic N) is 1. The summed E-state index contributed by atoms with van der Waals surface area (Å²) in [5.41, 5.74) is 1.72. The Kier molecular flexibility index (Phi) is 4.10. The van der Waals surface area contributed by atoms with Crippen LogP contribution in [0.3, 0.4) is 0 Å². The van der Waals surface area contributed by atoms with E-state index in [0.29, 0.717) is 12.8 Å². The molecule has 1 aromatic carbocycles. The average Bonchev–Trinajstić information content (AvgIpc) is 2.89. The first kappa shape index (κ1) is 12.8. The third kappa shape index (κ3) is 2.96. The second-order valence-corrected chi connectivity index (χ2v) is 5.01. The number of hydrogen-bond donors (Lipinski definition) is 0. The van der Waals surface area contributed by atoms with E-state index in [1.54, 1.807) is 24.6 Å². The van der Waals surface area contributed by atoms with Crippen LogP contribution in [0.25, 0.3) is 0 Å². The first-order chi connectivity index (χ1) is 8.70. The van der Waals surface area contributed by atoms with Gasteiger partial charge in [0, 0.05) is 30.0 Å². The second-order valence-electron chi connectivity index (χ2n) is 4.03. The summed E-state index contributed by atoms with van der Waals surface area (Å²) in [5, 5.41) is 2.94. The molecule has 2 aromatic rings. The van der Waals surface area contributed by atoms with Crippen molar-refractivity contribution >= 4 is 17.1 Å². The SMILES string of the molecule is COc1ccc(C(=O)CCc2nccs2)cc1C. The molecule has 0 aliphatic heterocycles. The number of rotatable bonds is 5. The highest BCUT2D eigenvalue weighted by Crippen LogP contribution is 2.20. The molecule has 1 heterocycles.